The number of phosphoric ester groups is 1. The Morgan fingerprint density at radius 2 is 1.25 bits per heavy atom. The first kappa shape index (κ1) is 61.9. The number of primary amides is 1. The topological polar surface area (TPSA) is 272 Å². The number of urea groups is 1. The number of Topliss-reactive ketones (excluding diaryl/α,β-unsaturated/α-hetero) is 2. The van der Waals surface area contributed by atoms with E-state index in [9.17, 15) is 52.7 Å². The molecule has 19 nitrogen and oxygen atoms in total. The second-order valence-corrected chi connectivity index (χ2v) is 23.4. The van der Waals surface area contributed by atoms with Crippen molar-refractivity contribution in [1.29, 1.82) is 0 Å². The third-order valence-electron chi connectivity index (χ3n) is 15.5. The van der Waals surface area contributed by atoms with Crippen molar-refractivity contribution in [2.45, 2.75) is 109 Å². The lowest BCUT2D eigenvalue weighted by Gasteiger charge is -2.24. The number of unbranched alkanes of at least 4 members (excludes halogenated alkanes) is 2. The molecule has 0 saturated carbocycles. The highest BCUT2D eigenvalue weighted by Crippen LogP contribution is 2.50. The molecule has 0 saturated heterocycles. The molecule has 0 spiro atoms. The number of halogens is 2. The predicted octanol–water partition coefficient (Wildman–Crippen LogP) is 9.01. The number of ketones is 2. The van der Waals surface area contributed by atoms with Crippen LogP contribution in [0.4, 0.5) is 16.2 Å². The quantitative estimate of drug-likeness (QED) is 0.0130. The monoisotopic (exact) mass is 1190 g/mol. The number of hydrogen-bond acceptors (Lipinski definition) is 11. The molecule has 7 amide bonds. The minimum Gasteiger partial charge on any atom is -0.488 e. The molecule has 0 radical (unpaired) electrons. The van der Waals surface area contributed by atoms with Crippen LogP contribution in [-0.4, -0.2) is 106 Å². The predicted molar refractivity (Wildman–Crippen MR) is 317 cm³/mol. The minimum atomic E-state index is -4.95. The van der Waals surface area contributed by atoms with Crippen molar-refractivity contribution in [2.75, 3.05) is 47.7 Å². The van der Waals surface area contributed by atoms with Crippen LogP contribution in [0.2, 0.25) is 0 Å². The van der Waals surface area contributed by atoms with Gasteiger partial charge < -0.3 is 35.4 Å². The number of imide groups is 1. The van der Waals surface area contributed by atoms with Gasteiger partial charge in [0.15, 0.2) is 5.78 Å². The fourth-order valence-corrected chi connectivity index (χ4v) is 12.2. The Morgan fingerprint density at radius 1 is 0.711 bits per heavy atom. The van der Waals surface area contributed by atoms with E-state index in [4.69, 9.17) is 38.2 Å². The van der Waals surface area contributed by atoms with Crippen LogP contribution in [-0.2, 0) is 51.2 Å². The Hall–Kier alpha value is -7.15. The minimum absolute atomic E-state index is 0.00896. The van der Waals surface area contributed by atoms with E-state index in [1.165, 1.54) is 18.2 Å². The summed E-state index contributed by atoms with van der Waals surface area (Å²) in [4.78, 5) is 128. The number of rotatable bonds is 29. The molecule has 0 bridgehead atoms. The molecule has 8 rings (SSSR count). The lowest BCUT2D eigenvalue weighted by atomic mass is 9.88. The molecule has 5 aromatic carbocycles. The van der Waals surface area contributed by atoms with Crippen LogP contribution in [0.5, 0.6) is 11.5 Å². The van der Waals surface area contributed by atoms with Crippen molar-refractivity contribution in [3.63, 3.8) is 0 Å². The van der Waals surface area contributed by atoms with Gasteiger partial charge in [0.2, 0.25) is 17.7 Å². The van der Waals surface area contributed by atoms with Gasteiger partial charge >= 0.3 is 13.9 Å². The number of amides is 7. The molecule has 83 heavy (non-hydrogen) atoms. The van der Waals surface area contributed by atoms with Gasteiger partial charge in [0.05, 0.1) is 17.4 Å². The zero-order chi connectivity index (χ0) is 59.5. The van der Waals surface area contributed by atoms with E-state index in [2.05, 4.69) is 10.6 Å². The number of nitrogens with zero attached hydrogens (tertiary/aromatic N) is 3. The first-order valence-corrected chi connectivity index (χ1v) is 30.6. The Labute approximate surface area is 491 Å². The fraction of sp³-hybridized carbons (Fsp3) is 0.410. The van der Waals surface area contributed by atoms with Crippen LogP contribution >= 0.6 is 31.0 Å². The van der Waals surface area contributed by atoms with Gasteiger partial charge in [-0.1, -0.05) is 93.1 Å². The van der Waals surface area contributed by atoms with Crippen molar-refractivity contribution >= 4 is 111 Å². The van der Waals surface area contributed by atoms with Gasteiger partial charge in [0, 0.05) is 123 Å². The van der Waals surface area contributed by atoms with Crippen molar-refractivity contribution < 1.29 is 62.0 Å². The summed E-state index contributed by atoms with van der Waals surface area (Å²) >= 11 is 13.0. The standard InChI is InChI=1S/C61H69Cl2N6O13P/c1-37(2)47(29-42(70)12-4-3-9-27-67-56(74)24-25-57(67)75)60(76)66-48(17-11-26-65-61(64)77)51(71)28-38-20-22-39(23-21-38)36-81-52-30-49-58(45-15-7-5-13-43(45)52)40(32-62)34-68(49)54(72)18-10-19-55(73)69-35-41(33-63)59-46-16-8-6-14-44(46)53(31-50(59)69)82-83(78,79)80/h5-8,13-16,20-25,30-31,37,40-41,47-48H,3-4,9-12,17-19,26-29,32-36H2,1-2H3,(H,66,76)(H3,64,65,77)(H2,78,79,80)/t40-,41-,47+,48+/m1/s1. The van der Waals surface area contributed by atoms with E-state index in [0.717, 1.165) is 32.4 Å². The number of alkyl halides is 2. The normalized spacial score (nSPS) is 16.3. The molecule has 0 unspecified atom stereocenters. The second kappa shape index (κ2) is 28.0. The van der Waals surface area contributed by atoms with E-state index in [0.29, 0.717) is 65.7 Å². The first-order valence-electron chi connectivity index (χ1n) is 28.0. The van der Waals surface area contributed by atoms with Crippen LogP contribution in [0.25, 0.3) is 21.5 Å². The lowest BCUT2D eigenvalue weighted by Crippen LogP contribution is -2.46. The summed E-state index contributed by atoms with van der Waals surface area (Å²) in [7, 11) is -4.95. The van der Waals surface area contributed by atoms with E-state index >= 15 is 0 Å². The zero-order valence-electron chi connectivity index (χ0n) is 46.4. The number of hydrogen-bond donors (Lipinski definition) is 5. The number of fused-ring (bicyclic) bond motifs is 6. The van der Waals surface area contributed by atoms with Gasteiger partial charge in [-0.2, -0.15) is 0 Å². The number of phosphoric acid groups is 1. The van der Waals surface area contributed by atoms with Crippen LogP contribution in [0.3, 0.4) is 0 Å². The molecular formula is C61H69Cl2N6O13P. The van der Waals surface area contributed by atoms with Gasteiger partial charge in [-0.3, -0.25) is 48.2 Å². The third kappa shape index (κ3) is 15.4. The van der Waals surface area contributed by atoms with E-state index in [-0.39, 0.29) is 142 Å². The van der Waals surface area contributed by atoms with Crippen molar-refractivity contribution in [3.05, 3.63) is 119 Å². The molecule has 3 aliphatic heterocycles. The highest BCUT2D eigenvalue weighted by molar-refractivity contribution is 7.46. The van der Waals surface area contributed by atoms with Gasteiger partial charge in [0.1, 0.15) is 23.9 Å². The van der Waals surface area contributed by atoms with Gasteiger partial charge in [-0.25, -0.2) is 9.36 Å². The van der Waals surface area contributed by atoms with Crippen LogP contribution in [0.15, 0.2) is 97.1 Å². The summed E-state index contributed by atoms with van der Waals surface area (Å²) in [5.74, 6) is -2.38. The van der Waals surface area contributed by atoms with Crippen molar-refractivity contribution in [3.8, 4) is 11.5 Å². The van der Waals surface area contributed by atoms with Crippen LogP contribution < -0.4 is 35.4 Å². The summed E-state index contributed by atoms with van der Waals surface area (Å²) in [6.45, 7) is 4.86. The molecule has 4 atom stereocenters. The second-order valence-electron chi connectivity index (χ2n) is 21.7. The third-order valence-corrected chi connectivity index (χ3v) is 16.7. The van der Waals surface area contributed by atoms with Crippen LogP contribution in [0.1, 0.15) is 112 Å². The summed E-state index contributed by atoms with van der Waals surface area (Å²) in [5.41, 5.74) is 9.56. The SMILES string of the molecule is CC(C)[C@H](CC(=O)CCCCCN1C(=O)C=CC1=O)C(=O)N[C@@H](CCCNC(N)=O)C(=O)Cc1ccc(COc2cc3c(c4ccccc24)[C@H](CCl)CN3C(=O)CCCC(=O)N2C[C@@H](CCl)c3c2cc(OP(=O)(O)O)c2ccccc32)cc1. The molecule has 6 N–H and O–H groups in total. The van der Waals surface area contributed by atoms with Crippen LogP contribution in [0, 0.1) is 11.8 Å². The van der Waals surface area contributed by atoms with Gasteiger partial charge in [0.25, 0.3) is 11.8 Å². The first-order chi connectivity index (χ1) is 39.7. The molecule has 0 aromatic heterocycles. The molecule has 3 aliphatic rings. The summed E-state index contributed by atoms with van der Waals surface area (Å²) in [5, 5.41) is 8.30. The Bertz CT molecular complexity index is 3350. The number of carbonyl (C=O) groups excluding carboxylic acids is 8. The molecule has 3 heterocycles. The van der Waals surface area contributed by atoms with E-state index in [1.54, 1.807) is 34.1 Å². The summed E-state index contributed by atoms with van der Waals surface area (Å²) < 4.78 is 23.6. The number of carbonyl (C=O) groups is 8. The number of nitrogens with one attached hydrogen (secondary N) is 2. The maximum Gasteiger partial charge on any atom is 0.524 e. The smallest absolute Gasteiger partial charge is 0.488 e. The molecule has 5 aromatic rings. The molecule has 0 fully saturated rings. The Kier molecular flexibility index (Phi) is 20.8. The summed E-state index contributed by atoms with van der Waals surface area (Å²) in [6.07, 6.45) is 5.19. The van der Waals surface area contributed by atoms with Gasteiger partial charge in [-0.15, -0.1) is 23.2 Å². The van der Waals surface area contributed by atoms with Gasteiger partial charge in [-0.05, 0) is 71.0 Å². The Morgan fingerprint density at radius 3 is 1.80 bits per heavy atom. The molecule has 22 heteroatoms. The fourth-order valence-electron chi connectivity index (χ4n) is 11.3. The maximum absolute atomic E-state index is 14.2. The average molecular weight is 1200 g/mol. The average Bonchev–Trinajstić information content (AvgIpc) is 3.65. The molecular weight excluding hydrogens is 1130 g/mol. The number of nitrogens with two attached hydrogens (primary N) is 1. The summed E-state index contributed by atoms with van der Waals surface area (Å²) in [6, 6.07) is 23.8. The lowest BCUT2D eigenvalue weighted by molar-refractivity contribution is -0.137. The Balaban J connectivity index is 0.889. The van der Waals surface area contributed by atoms with Crippen molar-refractivity contribution in [2.24, 2.45) is 17.6 Å². The largest absolute Gasteiger partial charge is 0.524 e. The number of ether oxygens (including phenoxy) is 1. The van der Waals surface area contributed by atoms with E-state index < -0.39 is 31.7 Å². The maximum atomic E-state index is 14.2. The molecule has 0 aliphatic carbocycles. The highest BCUT2D eigenvalue weighted by Gasteiger charge is 2.38. The van der Waals surface area contributed by atoms with Crippen molar-refractivity contribution in [1.82, 2.24) is 15.5 Å². The van der Waals surface area contributed by atoms with E-state index in [1.807, 2.05) is 68.4 Å². The zero-order valence-corrected chi connectivity index (χ0v) is 48.8. The molecule has 440 valence electrons. The number of benzene rings is 5. The highest BCUT2D eigenvalue weighted by atomic mass is 35.5. The number of anilines is 2.